The summed E-state index contributed by atoms with van der Waals surface area (Å²) in [6, 6.07) is -0.00593. The van der Waals surface area contributed by atoms with Gasteiger partial charge in [0.05, 0.1) is 25.4 Å². The first-order chi connectivity index (χ1) is 7.81. The van der Waals surface area contributed by atoms with Crippen LogP contribution < -0.4 is 5.73 Å². The zero-order valence-corrected chi connectivity index (χ0v) is 9.81. The lowest BCUT2D eigenvalue weighted by Gasteiger charge is -2.27. The van der Waals surface area contributed by atoms with E-state index in [9.17, 15) is 5.11 Å². The highest BCUT2D eigenvalue weighted by Crippen LogP contribution is 2.33. The summed E-state index contributed by atoms with van der Waals surface area (Å²) in [5.74, 6) is 0.560. The molecule has 4 nitrogen and oxygen atoms in total. The Morgan fingerprint density at radius 3 is 2.69 bits per heavy atom. The van der Waals surface area contributed by atoms with Gasteiger partial charge in [-0.25, -0.2) is 0 Å². The second-order valence-corrected chi connectivity index (χ2v) is 4.96. The minimum absolute atomic E-state index is 0.00593. The Labute approximate surface area is 97.1 Å². The van der Waals surface area contributed by atoms with E-state index in [-0.39, 0.29) is 24.9 Å². The Balaban J connectivity index is 1.68. The second kappa shape index (κ2) is 5.96. The standard InChI is InChI=1S/C12H23NO3/c13-12(9-4-5-9)11(7-14)16-8-10-3-1-2-6-15-10/h9-12,14H,1-8,13H2. The third kappa shape index (κ3) is 3.42. The molecule has 0 radical (unpaired) electrons. The minimum Gasteiger partial charge on any atom is -0.394 e. The summed E-state index contributed by atoms with van der Waals surface area (Å²) in [6.45, 7) is 1.43. The van der Waals surface area contributed by atoms with E-state index in [1.807, 2.05) is 0 Å². The van der Waals surface area contributed by atoms with Gasteiger partial charge in [0.15, 0.2) is 0 Å². The predicted octanol–water partition coefficient (Wildman–Crippen LogP) is 0.670. The quantitative estimate of drug-likeness (QED) is 0.702. The number of aliphatic hydroxyl groups excluding tert-OH is 1. The van der Waals surface area contributed by atoms with Gasteiger partial charge in [-0.2, -0.15) is 0 Å². The van der Waals surface area contributed by atoms with Crippen molar-refractivity contribution in [3.8, 4) is 0 Å². The fourth-order valence-electron chi connectivity index (χ4n) is 2.24. The molecule has 3 unspecified atom stereocenters. The zero-order chi connectivity index (χ0) is 11.4. The summed E-state index contributed by atoms with van der Waals surface area (Å²) in [6.07, 6.45) is 5.79. The molecule has 16 heavy (non-hydrogen) atoms. The highest BCUT2D eigenvalue weighted by molar-refractivity contribution is 4.89. The molecular weight excluding hydrogens is 206 g/mol. The molecule has 0 aromatic rings. The van der Waals surface area contributed by atoms with Crippen molar-refractivity contribution in [1.82, 2.24) is 0 Å². The lowest BCUT2D eigenvalue weighted by atomic mass is 10.1. The molecule has 2 fully saturated rings. The maximum absolute atomic E-state index is 9.26. The van der Waals surface area contributed by atoms with Gasteiger partial charge < -0.3 is 20.3 Å². The molecule has 1 heterocycles. The average Bonchev–Trinajstić information content (AvgIpc) is 3.15. The van der Waals surface area contributed by atoms with Crippen LogP contribution in [0, 0.1) is 5.92 Å². The number of aliphatic hydroxyl groups is 1. The molecular formula is C12H23NO3. The van der Waals surface area contributed by atoms with Gasteiger partial charge in [-0.1, -0.05) is 0 Å². The second-order valence-electron chi connectivity index (χ2n) is 4.96. The predicted molar refractivity (Wildman–Crippen MR) is 61.1 cm³/mol. The monoisotopic (exact) mass is 229 g/mol. The molecule has 0 bridgehead atoms. The highest BCUT2D eigenvalue weighted by atomic mass is 16.5. The van der Waals surface area contributed by atoms with E-state index >= 15 is 0 Å². The van der Waals surface area contributed by atoms with E-state index in [4.69, 9.17) is 15.2 Å². The fraction of sp³-hybridized carbons (Fsp3) is 1.00. The van der Waals surface area contributed by atoms with Gasteiger partial charge in [0.2, 0.25) is 0 Å². The molecule has 2 rings (SSSR count). The van der Waals surface area contributed by atoms with Crippen LogP contribution in [0.25, 0.3) is 0 Å². The average molecular weight is 229 g/mol. The molecule has 0 amide bonds. The first kappa shape index (κ1) is 12.3. The van der Waals surface area contributed by atoms with E-state index in [0.717, 1.165) is 19.4 Å². The first-order valence-electron chi connectivity index (χ1n) is 6.41. The van der Waals surface area contributed by atoms with Crippen LogP contribution in [0.1, 0.15) is 32.1 Å². The molecule has 1 saturated carbocycles. The summed E-state index contributed by atoms with van der Waals surface area (Å²) in [5.41, 5.74) is 6.02. The van der Waals surface area contributed by atoms with Crippen LogP contribution in [0.4, 0.5) is 0 Å². The normalized spacial score (nSPS) is 30.0. The van der Waals surface area contributed by atoms with Gasteiger partial charge >= 0.3 is 0 Å². The van der Waals surface area contributed by atoms with Crippen molar-refractivity contribution < 1.29 is 14.6 Å². The number of hydrogen-bond acceptors (Lipinski definition) is 4. The van der Waals surface area contributed by atoms with Crippen molar-refractivity contribution in [1.29, 1.82) is 0 Å². The van der Waals surface area contributed by atoms with Crippen molar-refractivity contribution in [3.05, 3.63) is 0 Å². The van der Waals surface area contributed by atoms with Crippen LogP contribution in [0.5, 0.6) is 0 Å². The van der Waals surface area contributed by atoms with Crippen molar-refractivity contribution >= 4 is 0 Å². The third-order valence-corrected chi connectivity index (χ3v) is 3.55. The molecule has 1 aliphatic carbocycles. The van der Waals surface area contributed by atoms with Gasteiger partial charge in [0.25, 0.3) is 0 Å². The molecule has 0 aromatic carbocycles. The SMILES string of the molecule is NC(C1CC1)C(CO)OCC1CCCCO1. The molecule has 94 valence electrons. The van der Waals surface area contributed by atoms with Crippen LogP contribution in [0.15, 0.2) is 0 Å². The smallest absolute Gasteiger partial charge is 0.0960 e. The van der Waals surface area contributed by atoms with Gasteiger partial charge in [0, 0.05) is 12.6 Å². The van der Waals surface area contributed by atoms with Crippen LogP contribution in [-0.4, -0.2) is 43.2 Å². The Kier molecular flexibility index (Phi) is 4.58. The molecule has 0 aromatic heterocycles. The van der Waals surface area contributed by atoms with Crippen molar-refractivity contribution in [3.63, 3.8) is 0 Å². The first-order valence-corrected chi connectivity index (χ1v) is 6.41. The van der Waals surface area contributed by atoms with E-state index in [0.29, 0.717) is 12.5 Å². The van der Waals surface area contributed by atoms with Crippen LogP contribution in [0.3, 0.4) is 0 Å². The molecule has 2 aliphatic rings. The maximum atomic E-state index is 9.26. The van der Waals surface area contributed by atoms with Crippen molar-refractivity contribution in [2.75, 3.05) is 19.8 Å². The van der Waals surface area contributed by atoms with E-state index in [2.05, 4.69) is 0 Å². The Morgan fingerprint density at radius 1 is 1.31 bits per heavy atom. The topological polar surface area (TPSA) is 64.7 Å². The largest absolute Gasteiger partial charge is 0.394 e. The highest BCUT2D eigenvalue weighted by Gasteiger charge is 2.34. The van der Waals surface area contributed by atoms with Crippen LogP contribution in [0.2, 0.25) is 0 Å². The van der Waals surface area contributed by atoms with E-state index in [1.54, 1.807) is 0 Å². The zero-order valence-electron chi connectivity index (χ0n) is 9.81. The number of hydrogen-bond donors (Lipinski definition) is 2. The molecule has 3 atom stereocenters. The third-order valence-electron chi connectivity index (χ3n) is 3.55. The molecule has 0 spiro atoms. The van der Waals surface area contributed by atoms with Crippen LogP contribution >= 0.6 is 0 Å². The lowest BCUT2D eigenvalue weighted by Crippen LogP contribution is -2.42. The summed E-state index contributed by atoms with van der Waals surface area (Å²) in [5, 5.41) is 9.26. The fourth-order valence-corrected chi connectivity index (χ4v) is 2.24. The Hall–Kier alpha value is -0.160. The molecule has 4 heteroatoms. The number of nitrogens with two attached hydrogens (primary N) is 1. The van der Waals surface area contributed by atoms with Gasteiger partial charge in [-0.3, -0.25) is 0 Å². The van der Waals surface area contributed by atoms with Gasteiger partial charge in [-0.15, -0.1) is 0 Å². The van der Waals surface area contributed by atoms with Gasteiger partial charge in [-0.05, 0) is 38.0 Å². The number of rotatable bonds is 6. The van der Waals surface area contributed by atoms with Crippen LogP contribution in [-0.2, 0) is 9.47 Å². The molecule has 1 saturated heterocycles. The van der Waals surface area contributed by atoms with E-state index in [1.165, 1.54) is 19.3 Å². The summed E-state index contributed by atoms with van der Waals surface area (Å²) < 4.78 is 11.3. The summed E-state index contributed by atoms with van der Waals surface area (Å²) in [4.78, 5) is 0. The van der Waals surface area contributed by atoms with Crippen molar-refractivity contribution in [2.24, 2.45) is 11.7 Å². The maximum Gasteiger partial charge on any atom is 0.0960 e. The van der Waals surface area contributed by atoms with E-state index < -0.39 is 0 Å². The number of ether oxygens (including phenoxy) is 2. The lowest BCUT2D eigenvalue weighted by molar-refractivity contribution is -0.0810. The minimum atomic E-state index is -0.210. The Bertz CT molecular complexity index is 202. The Morgan fingerprint density at radius 2 is 2.12 bits per heavy atom. The molecule has 3 N–H and O–H groups in total. The van der Waals surface area contributed by atoms with Gasteiger partial charge in [0.1, 0.15) is 0 Å². The summed E-state index contributed by atoms with van der Waals surface area (Å²) in [7, 11) is 0. The summed E-state index contributed by atoms with van der Waals surface area (Å²) >= 11 is 0. The molecule has 1 aliphatic heterocycles. The van der Waals surface area contributed by atoms with Crippen molar-refractivity contribution in [2.45, 2.75) is 50.4 Å².